The van der Waals surface area contributed by atoms with Crippen molar-refractivity contribution in [2.75, 3.05) is 0 Å². The average Bonchev–Trinajstić information content (AvgIpc) is 2.13. The molecular weight excluding hydrogens is 224 g/mol. The Morgan fingerprint density at radius 2 is 1.28 bits per heavy atom. The second kappa shape index (κ2) is 5.64. The van der Waals surface area contributed by atoms with E-state index in [1.165, 1.54) is 5.56 Å². The van der Waals surface area contributed by atoms with Gasteiger partial charge in [-0.25, -0.2) is 0 Å². The molecule has 1 radical (unpaired) electrons. The van der Waals surface area contributed by atoms with Crippen LogP contribution in [0.1, 0.15) is 54.0 Å². The van der Waals surface area contributed by atoms with Crippen molar-refractivity contribution in [2.24, 2.45) is 0 Å². The summed E-state index contributed by atoms with van der Waals surface area (Å²) in [6, 6.07) is 7.27. The summed E-state index contributed by atoms with van der Waals surface area (Å²) in [5.74, 6) is 1.51. The highest BCUT2D eigenvalue weighted by atomic mass is 16.5. The van der Waals surface area contributed by atoms with Gasteiger partial charge >= 0.3 is 0 Å². The lowest BCUT2D eigenvalue weighted by Gasteiger charge is -2.22. The van der Waals surface area contributed by atoms with Gasteiger partial charge in [-0.05, 0) is 50.8 Å². The number of hydrogen-bond donors (Lipinski definition) is 0. The van der Waals surface area contributed by atoms with Gasteiger partial charge in [-0.15, -0.1) is 0 Å². The van der Waals surface area contributed by atoms with E-state index in [2.05, 4.69) is 26.8 Å². The van der Waals surface area contributed by atoms with Gasteiger partial charge in [0.1, 0.15) is 11.5 Å². The van der Waals surface area contributed by atoms with Gasteiger partial charge in [0.25, 0.3) is 0 Å². The zero-order valence-electron chi connectivity index (χ0n) is 12.6. The summed E-state index contributed by atoms with van der Waals surface area (Å²) < 4.78 is 11.5. The maximum absolute atomic E-state index is 5.74. The molecule has 0 bridgehead atoms. The molecule has 0 aliphatic heterocycles. The molecular formula is C16H25O2. The minimum absolute atomic E-state index is 0.0687. The van der Waals surface area contributed by atoms with Gasteiger partial charge in [-0.2, -0.15) is 0 Å². The normalized spacial score (nSPS) is 12.1. The Morgan fingerprint density at radius 1 is 0.889 bits per heavy atom. The van der Waals surface area contributed by atoms with Gasteiger partial charge in [-0.1, -0.05) is 20.8 Å². The van der Waals surface area contributed by atoms with Crippen LogP contribution in [0, 0.1) is 6.07 Å². The Balaban J connectivity index is 3.11. The lowest BCUT2D eigenvalue weighted by atomic mass is 9.87. The minimum atomic E-state index is 0.0687. The SMILES string of the molecule is CC(C)Oc1[c]c(OC(C)C)cc(C(C)(C)C)c1. The summed E-state index contributed by atoms with van der Waals surface area (Å²) in [4.78, 5) is 0. The van der Waals surface area contributed by atoms with Crippen molar-refractivity contribution in [3.63, 3.8) is 0 Å². The standard InChI is InChI=1S/C16H25O2/c1-11(2)17-14-8-13(16(5,6)7)9-15(10-14)18-12(3)4/h8-9,11-12H,1-7H3. The third kappa shape index (κ3) is 4.59. The zero-order valence-corrected chi connectivity index (χ0v) is 12.6. The molecule has 0 amide bonds. The van der Waals surface area contributed by atoms with Crippen LogP contribution < -0.4 is 9.47 Å². The number of rotatable bonds is 4. The molecule has 0 unspecified atom stereocenters. The summed E-state index contributed by atoms with van der Waals surface area (Å²) in [7, 11) is 0. The molecule has 1 aromatic carbocycles. The molecule has 2 heteroatoms. The van der Waals surface area contributed by atoms with Crippen molar-refractivity contribution in [1.29, 1.82) is 0 Å². The van der Waals surface area contributed by atoms with E-state index in [-0.39, 0.29) is 17.6 Å². The van der Waals surface area contributed by atoms with Crippen molar-refractivity contribution in [1.82, 2.24) is 0 Å². The van der Waals surface area contributed by atoms with Gasteiger partial charge in [0.2, 0.25) is 0 Å². The number of ether oxygens (including phenoxy) is 2. The van der Waals surface area contributed by atoms with Crippen LogP contribution in [0.5, 0.6) is 11.5 Å². The maximum Gasteiger partial charge on any atom is 0.131 e. The second-order valence-corrected chi connectivity index (χ2v) is 6.18. The average molecular weight is 249 g/mol. The van der Waals surface area contributed by atoms with Crippen molar-refractivity contribution < 1.29 is 9.47 Å². The maximum atomic E-state index is 5.74. The fraction of sp³-hybridized carbons (Fsp3) is 0.625. The molecule has 0 fully saturated rings. The first-order valence-corrected chi connectivity index (χ1v) is 6.59. The van der Waals surface area contributed by atoms with Crippen LogP contribution in [0.3, 0.4) is 0 Å². The zero-order chi connectivity index (χ0) is 13.9. The Labute approximate surface area is 111 Å². The first kappa shape index (κ1) is 14.9. The van der Waals surface area contributed by atoms with Crippen LogP contribution >= 0.6 is 0 Å². The van der Waals surface area contributed by atoms with Crippen molar-refractivity contribution in [3.8, 4) is 11.5 Å². The summed E-state index contributed by atoms with van der Waals surface area (Å²) in [6.45, 7) is 14.6. The lowest BCUT2D eigenvalue weighted by molar-refractivity contribution is 0.227. The van der Waals surface area contributed by atoms with E-state index >= 15 is 0 Å². The quantitative estimate of drug-likeness (QED) is 0.789. The van der Waals surface area contributed by atoms with Crippen LogP contribution in [0.4, 0.5) is 0 Å². The lowest BCUT2D eigenvalue weighted by Crippen LogP contribution is -2.14. The van der Waals surface area contributed by atoms with Crippen LogP contribution in [-0.2, 0) is 5.41 Å². The minimum Gasteiger partial charge on any atom is -0.490 e. The van der Waals surface area contributed by atoms with Crippen LogP contribution in [0.15, 0.2) is 12.1 Å². The molecule has 0 saturated carbocycles. The van der Waals surface area contributed by atoms with Gasteiger partial charge in [0.05, 0.1) is 18.3 Å². The predicted molar refractivity (Wildman–Crippen MR) is 75.5 cm³/mol. The molecule has 1 rings (SSSR count). The van der Waals surface area contributed by atoms with Crippen molar-refractivity contribution >= 4 is 0 Å². The molecule has 101 valence electrons. The van der Waals surface area contributed by atoms with E-state index in [4.69, 9.17) is 9.47 Å². The van der Waals surface area contributed by atoms with Gasteiger partial charge in [0, 0.05) is 0 Å². The van der Waals surface area contributed by atoms with E-state index in [9.17, 15) is 0 Å². The van der Waals surface area contributed by atoms with E-state index in [0.717, 1.165) is 11.5 Å². The Bertz CT molecular complexity index is 358. The van der Waals surface area contributed by atoms with Crippen LogP contribution in [-0.4, -0.2) is 12.2 Å². The molecule has 0 N–H and O–H groups in total. The summed E-state index contributed by atoms with van der Waals surface area (Å²) in [5, 5.41) is 0. The predicted octanol–water partition coefficient (Wildman–Crippen LogP) is 4.36. The smallest absolute Gasteiger partial charge is 0.131 e. The fourth-order valence-electron chi connectivity index (χ4n) is 1.59. The molecule has 2 nitrogen and oxygen atoms in total. The van der Waals surface area contributed by atoms with Gasteiger partial charge in [-0.3, -0.25) is 0 Å². The Morgan fingerprint density at radius 3 is 1.56 bits per heavy atom. The third-order valence-electron chi connectivity index (χ3n) is 2.41. The summed E-state index contributed by atoms with van der Waals surface area (Å²) in [5.41, 5.74) is 1.27. The van der Waals surface area contributed by atoms with E-state index in [1.54, 1.807) is 0 Å². The second-order valence-electron chi connectivity index (χ2n) is 6.18. The van der Waals surface area contributed by atoms with Crippen LogP contribution in [0.25, 0.3) is 0 Å². The molecule has 0 heterocycles. The summed E-state index contributed by atoms with van der Waals surface area (Å²) in [6.07, 6.45) is 0.284. The highest BCUT2D eigenvalue weighted by molar-refractivity contribution is 5.40. The number of hydrogen-bond acceptors (Lipinski definition) is 2. The molecule has 1 aromatic rings. The largest absolute Gasteiger partial charge is 0.490 e. The van der Waals surface area contributed by atoms with E-state index in [1.807, 2.05) is 39.8 Å². The molecule has 0 aliphatic rings. The van der Waals surface area contributed by atoms with Crippen molar-refractivity contribution in [3.05, 3.63) is 23.8 Å². The van der Waals surface area contributed by atoms with Crippen molar-refractivity contribution in [2.45, 2.75) is 66.1 Å². The van der Waals surface area contributed by atoms with Gasteiger partial charge in [0.15, 0.2) is 0 Å². The number of benzene rings is 1. The Hall–Kier alpha value is -1.18. The van der Waals surface area contributed by atoms with Crippen LogP contribution in [0.2, 0.25) is 0 Å². The van der Waals surface area contributed by atoms with Gasteiger partial charge < -0.3 is 9.47 Å². The topological polar surface area (TPSA) is 18.5 Å². The monoisotopic (exact) mass is 249 g/mol. The molecule has 0 atom stereocenters. The molecule has 0 aromatic heterocycles. The van der Waals surface area contributed by atoms with E-state index in [0.29, 0.717) is 0 Å². The van der Waals surface area contributed by atoms with E-state index < -0.39 is 0 Å². The Kier molecular flexibility index (Phi) is 4.66. The highest BCUT2D eigenvalue weighted by Gasteiger charge is 2.17. The third-order valence-corrected chi connectivity index (χ3v) is 2.41. The summed E-state index contributed by atoms with van der Waals surface area (Å²) >= 11 is 0. The molecule has 0 spiro atoms. The first-order valence-electron chi connectivity index (χ1n) is 6.59. The molecule has 0 saturated heterocycles. The molecule has 18 heavy (non-hydrogen) atoms. The first-order chi connectivity index (χ1) is 8.18. The highest BCUT2D eigenvalue weighted by Crippen LogP contribution is 2.31. The molecule has 0 aliphatic carbocycles. The fourth-order valence-corrected chi connectivity index (χ4v) is 1.59.